The minimum absolute atomic E-state index is 0.0112. The Bertz CT molecular complexity index is 856. The molecule has 0 radical (unpaired) electrons. The molecule has 7 nitrogen and oxygen atoms in total. The van der Waals surface area contributed by atoms with Crippen molar-refractivity contribution in [3.05, 3.63) is 46.2 Å². The Morgan fingerprint density at radius 2 is 1.86 bits per heavy atom. The van der Waals surface area contributed by atoms with Crippen molar-refractivity contribution in [1.82, 2.24) is 5.32 Å². The summed E-state index contributed by atoms with van der Waals surface area (Å²) < 4.78 is 34.1. The molecule has 0 saturated heterocycles. The minimum atomic E-state index is -3.05. The number of amides is 2. The summed E-state index contributed by atoms with van der Waals surface area (Å²) in [5.74, 6) is -2.20. The van der Waals surface area contributed by atoms with Crippen molar-refractivity contribution < 1.29 is 32.6 Å². The number of carbonyl (C=O) groups excluding carboxylic acids is 3. The van der Waals surface area contributed by atoms with E-state index in [1.54, 1.807) is 12.1 Å². The monoisotopic (exact) mass is 412 g/mol. The lowest BCUT2D eigenvalue weighted by Crippen LogP contribution is -2.35. The molecule has 0 aliphatic heterocycles. The average Bonchev–Trinajstić information content (AvgIpc) is 3.07. The number of thiophene rings is 1. The number of hydrogen-bond donors (Lipinski definition) is 2. The summed E-state index contributed by atoms with van der Waals surface area (Å²) in [7, 11) is 0. The molecule has 0 fully saturated rings. The molecule has 0 aliphatic carbocycles. The third-order valence-corrected chi connectivity index (χ3v) is 4.40. The van der Waals surface area contributed by atoms with Crippen LogP contribution < -0.4 is 15.4 Å². The van der Waals surface area contributed by atoms with Crippen molar-refractivity contribution in [3.63, 3.8) is 0 Å². The molecule has 0 saturated carbocycles. The maximum absolute atomic E-state index is 12.4. The lowest BCUT2D eigenvalue weighted by atomic mass is 10.2. The van der Waals surface area contributed by atoms with Crippen LogP contribution in [0.4, 0.5) is 14.5 Å². The van der Waals surface area contributed by atoms with Gasteiger partial charge in [0, 0.05) is 4.88 Å². The number of para-hydroxylation sites is 2. The van der Waals surface area contributed by atoms with E-state index in [0.717, 1.165) is 4.88 Å². The number of aryl methyl sites for hydroxylation is 1. The first-order valence-electron chi connectivity index (χ1n) is 8.15. The highest BCUT2D eigenvalue weighted by atomic mass is 32.1. The van der Waals surface area contributed by atoms with Crippen molar-refractivity contribution in [2.45, 2.75) is 26.6 Å². The van der Waals surface area contributed by atoms with Gasteiger partial charge in [-0.3, -0.25) is 14.4 Å². The Kier molecular flexibility index (Phi) is 7.44. The van der Waals surface area contributed by atoms with Gasteiger partial charge in [0.05, 0.1) is 10.6 Å². The topological polar surface area (TPSA) is 93.7 Å². The summed E-state index contributed by atoms with van der Waals surface area (Å²) in [6.07, 6.45) is -1.21. The summed E-state index contributed by atoms with van der Waals surface area (Å²) >= 11 is 1.28. The average molecular weight is 412 g/mol. The second kappa shape index (κ2) is 9.79. The van der Waals surface area contributed by atoms with Gasteiger partial charge >= 0.3 is 12.6 Å². The molecule has 1 unspecified atom stereocenters. The molecular weight excluding hydrogens is 394 g/mol. The quantitative estimate of drug-likeness (QED) is 0.651. The Hall–Kier alpha value is -3.01. The number of halogens is 2. The zero-order valence-corrected chi connectivity index (χ0v) is 15.8. The van der Waals surface area contributed by atoms with Gasteiger partial charge in [0.1, 0.15) is 12.3 Å². The van der Waals surface area contributed by atoms with Crippen molar-refractivity contribution >= 4 is 34.8 Å². The lowest BCUT2D eigenvalue weighted by molar-refractivity contribution is -0.152. The van der Waals surface area contributed by atoms with Gasteiger partial charge in [-0.05, 0) is 38.1 Å². The Morgan fingerprint density at radius 3 is 2.50 bits per heavy atom. The molecular formula is C18H18F2N2O5S. The van der Waals surface area contributed by atoms with E-state index in [1.807, 2.05) is 6.92 Å². The number of hydrogen-bond acceptors (Lipinski definition) is 6. The summed E-state index contributed by atoms with van der Waals surface area (Å²) in [5, 5.41) is 4.75. The standard InChI is InChI=1S/C18H18F2N2O5S/c1-10-7-8-14(28-10)17(25)21-9-15(23)26-11(2)16(24)22-12-5-3-4-6-13(12)27-18(19)20/h3-8,11,18H,9H2,1-2H3,(H,21,25)(H,22,24). The van der Waals surface area contributed by atoms with Crippen LogP contribution in [-0.4, -0.2) is 37.0 Å². The fourth-order valence-electron chi connectivity index (χ4n) is 2.09. The third-order valence-electron chi connectivity index (χ3n) is 3.40. The predicted molar refractivity (Wildman–Crippen MR) is 98.6 cm³/mol. The minimum Gasteiger partial charge on any atom is -0.451 e. The van der Waals surface area contributed by atoms with Gasteiger partial charge in [-0.2, -0.15) is 8.78 Å². The number of ether oxygens (including phenoxy) is 2. The van der Waals surface area contributed by atoms with Gasteiger partial charge in [-0.25, -0.2) is 0 Å². The molecule has 1 aromatic heterocycles. The van der Waals surface area contributed by atoms with Gasteiger partial charge in [-0.15, -0.1) is 11.3 Å². The van der Waals surface area contributed by atoms with Gasteiger partial charge in [-0.1, -0.05) is 12.1 Å². The zero-order valence-electron chi connectivity index (χ0n) is 15.0. The lowest BCUT2D eigenvalue weighted by Gasteiger charge is -2.15. The molecule has 1 aromatic carbocycles. The van der Waals surface area contributed by atoms with Crippen LogP contribution in [0.1, 0.15) is 21.5 Å². The van der Waals surface area contributed by atoms with Crippen molar-refractivity contribution in [2.75, 3.05) is 11.9 Å². The number of rotatable bonds is 8. The van der Waals surface area contributed by atoms with Crippen molar-refractivity contribution in [1.29, 1.82) is 0 Å². The Balaban J connectivity index is 1.85. The Morgan fingerprint density at radius 1 is 1.14 bits per heavy atom. The van der Waals surface area contributed by atoms with Gasteiger partial charge < -0.3 is 20.1 Å². The van der Waals surface area contributed by atoms with Crippen LogP contribution in [0.5, 0.6) is 5.75 Å². The fourth-order valence-corrected chi connectivity index (χ4v) is 2.88. The molecule has 0 aliphatic rings. The van der Waals surface area contributed by atoms with Crippen LogP contribution in [0.25, 0.3) is 0 Å². The van der Waals surface area contributed by atoms with Crippen LogP contribution in [0.15, 0.2) is 36.4 Å². The van der Waals surface area contributed by atoms with E-state index in [2.05, 4.69) is 15.4 Å². The molecule has 0 spiro atoms. The maximum atomic E-state index is 12.4. The second-order valence-corrected chi connectivity index (χ2v) is 6.88. The zero-order chi connectivity index (χ0) is 20.7. The predicted octanol–water partition coefficient (Wildman–Crippen LogP) is 2.96. The third kappa shape index (κ3) is 6.31. The summed E-state index contributed by atoms with van der Waals surface area (Å²) in [6, 6.07) is 9.03. The summed E-state index contributed by atoms with van der Waals surface area (Å²) in [5.41, 5.74) is 0.0112. The first-order chi connectivity index (χ1) is 13.3. The van der Waals surface area contributed by atoms with Crippen molar-refractivity contribution in [2.24, 2.45) is 0 Å². The number of nitrogens with one attached hydrogen (secondary N) is 2. The normalized spacial score (nSPS) is 11.6. The first-order valence-corrected chi connectivity index (χ1v) is 8.96. The number of benzene rings is 1. The van der Waals surface area contributed by atoms with Gasteiger partial charge in [0.15, 0.2) is 6.10 Å². The molecule has 2 aromatic rings. The molecule has 10 heteroatoms. The van der Waals surface area contributed by atoms with Gasteiger partial charge in [0.2, 0.25) is 0 Å². The molecule has 0 bridgehead atoms. The van der Waals surface area contributed by atoms with E-state index in [9.17, 15) is 23.2 Å². The van der Waals surface area contributed by atoms with Crippen LogP contribution in [0.2, 0.25) is 0 Å². The highest BCUT2D eigenvalue weighted by Gasteiger charge is 2.20. The van der Waals surface area contributed by atoms with Crippen LogP contribution in [0.3, 0.4) is 0 Å². The highest BCUT2D eigenvalue weighted by molar-refractivity contribution is 7.13. The van der Waals surface area contributed by atoms with E-state index in [1.165, 1.54) is 42.5 Å². The van der Waals surface area contributed by atoms with Crippen LogP contribution in [-0.2, 0) is 14.3 Å². The molecule has 1 atom stereocenters. The second-order valence-electron chi connectivity index (χ2n) is 5.59. The molecule has 2 N–H and O–H groups in total. The summed E-state index contributed by atoms with van der Waals surface area (Å²) in [6.45, 7) is -0.309. The van der Waals surface area contributed by atoms with E-state index in [4.69, 9.17) is 4.74 Å². The molecule has 2 rings (SSSR count). The van der Waals surface area contributed by atoms with E-state index >= 15 is 0 Å². The molecule has 2 amide bonds. The smallest absolute Gasteiger partial charge is 0.387 e. The number of esters is 1. The molecule has 1 heterocycles. The maximum Gasteiger partial charge on any atom is 0.387 e. The largest absolute Gasteiger partial charge is 0.451 e. The summed E-state index contributed by atoms with van der Waals surface area (Å²) in [4.78, 5) is 37.2. The van der Waals surface area contributed by atoms with E-state index < -0.39 is 37.0 Å². The van der Waals surface area contributed by atoms with Crippen LogP contribution >= 0.6 is 11.3 Å². The SMILES string of the molecule is Cc1ccc(C(=O)NCC(=O)OC(C)C(=O)Nc2ccccc2OC(F)F)s1. The number of anilines is 1. The number of alkyl halides is 2. The highest BCUT2D eigenvalue weighted by Crippen LogP contribution is 2.25. The first kappa shape index (κ1) is 21.3. The van der Waals surface area contributed by atoms with Gasteiger partial charge in [0.25, 0.3) is 11.8 Å². The van der Waals surface area contributed by atoms with E-state index in [-0.39, 0.29) is 11.4 Å². The van der Waals surface area contributed by atoms with Crippen LogP contribution in [0, 0.1) is 6.92 Å². The van der Waals surface area contributed by atoms with E-state index in [0.29, 0.717) is 4.88 Å². The fraction of sp³-hybridized carbons (Fsp3) is 0.278. The Labute approximate surface area is 163 Å². The molecule has 150 valence electrons. The number of carbonyl (C=O) groups is 3. The molecule has 28 heavy (non-hydrogen) atoms. The van der Waals surface area contributed by atoms with Crippen molar-refractivity contribution in [3.8, 4) is 5.75 Å².